The number of benzene rings is 1. The normalized spacial score (nSPS) is 13.8. The SMILES string of the molecule is O=C1c2ccc(F)cc2C(=O)N1Cc1cccnc1. The van der Waals surface area contributed by atoms with Crippen molar-refractivity contribution in [1.82, 2.24) is 9.88 Å². The van der Waals surface area contributed by atoms with Crippen molar-refractivity contribution in [3.8, 4) is 0 Å². The third kappa shape index (κ3) is 1.89. The molecule has 2 heterocycles. The Morgan fingerprint density at radius 2 is 1.89 bits per heavy atom. The van der Waals surface area contributed by atoms with Crippen LogP contribution in [-0.2, 0) is 6.54 Å². The van der Waals surface area contributed by atoms with Gasteiger partial charge in [-0.15, -0.1) is 0 Å². The number of aromatic nitrogens is 1. The zero-order valence-corrected chi connectivity index (χ0v) is 9.84. The molecule has 0 N–H and O–H groups in total. The molecule has 2 amide bonds. The van der Waals surface area contributed by atoms with E-state index < -0.39 is 17.6 Å². The van der Waals surface area contributed by atoms with Crippen molar-refractivity contribution in [2.45, 2.75) is 6.54 Å². The van der Waals surface area contributed by atoms with Crippen LogP contribution in [0.3, 0.4) is 0 Å². The summed E-state index contributed by atoms with van der Waals surface area (Å²) in [7, 11) is 0. The second kappa shape index (κ2) is 4.28. The van der Waals surface area contributed by atoms with Gasteiger partial charge < -0.3 is 0 Å². The number of fused-ring (bicyclic) bond motifs is 1. The molecule has 0 spiro atoms. The highest BCUT2D eigenvalue weighted by atomic mass is 19.1. The van der Waals surface area contributed by atoms with Crippen LogP contribution in [0.15, 0.2) is 42.7 Å². The predicted octanol–water partition coefficient (Wildman–Crippen LogP) is 2.02. The number of pyridine rings is 1. The van der Waals surface area contributed by atoms with Crippen LogP contribution in [0.4, 0.5) is 4.39 Å². The van der Waals surface area contributed by atoms with E-state index in [1.807, 2.05) is 0 Å². The highest BCUT2D eigenvalue weighted by Crippen LogP contribution is 2.24. The molecule has 19 heavy (non-hydrogen) atoms. The van der Waals surface area contributed by atoms with Gasteiger partial charge in [0.05, 0.1) is 17.7 Å². The van der Waals surface area contributed by atoms with E-state index in [0.29, 0.717) is 0 Å². The zero-order chi connectivity index (χ0) is 13.4. The second-order valence-electron chi connectivity index (χ2n) is 4.25. The molecule has 3 rings (SSSR count). The third-order valence-corrected chi connectivity index (χ3v) is 3.00. The maximum atomic E-state index is 13.1. The lowest BCUT2D eigenvalue weighted by molar-refractivity contribution is 0.0642. The predicted molar refractivity (Wildman–Crippen MR) is 64.8 cm³/mol. The average molecular weight is 256 g/mol. The van der Waals surface area contributed by atoms with Crippen LogP contribution < -0.4 is 0 Å². The number of nitrogens with zero attached hydrogens (tertiary/aromatic N) is 2. The molecular weight excluding hydrogens is 247 g/mol. The van der Waals surface area contributed by atoms with Gasteiger partial charge >= 0.3 is 0 Å². The molecular formula is C14H9FN2O2. The molecule has 4 nitrogen and oxygen atoms in total. The van der Waals surface area contributed by atoms with Crippen molar-refractivity contribution in [2.24, 2.45) is 0 Å². The number of hydrogen-bond donors (Lipinski definition) is 0. The molecule has 0 aliphatic carbocycles. The maximum Gasteiger partial charge on any atom is 0.261 e. The minimum absolute atomic E-state index is 0.119. The summed E-state index contributed by atoms with van der Waals surface area (Å²) in [4.78, 5) is 29.2. The van der Waals surface area contributed by atoms with Gasteiger partial charge in [0.1, 0.15) is 5.82 Å². The molecule has 0 unspecified atom stereocenters. The Morgan fingerprint density at radius 3 is 2.63 bits per heavy atom. The lowest BCUT2D eigenvalue weighted by Crippen LogP contribution is -2.29. The number of carbonyl (C=O) groups excluding carboxylic acids is 2. The van der Waals surface area contributed by atoms with Crippen molar-refractivity contribution < 1.29 is 14.0 Å². The number of hydrogen-bond acceptors (Lipinski definition) is 3. The van der Waals surface area contributed by atoms with Gasteiger partial charge in [0.25, 0.3) is 11.8 Å². The van der Waals surface area contributed by atoms with E-state index in [1.165, 1.54) is 12.1 Å². The lowest BCUT2D eigenvalue weighted by atomic mass is 10.1. The first-order valence-electron chi connectivity index (χ1n) is 5.71. The van der Waals surface area contributed by atoms with Crippen molar-refractivity contribution in [3.63, 3.8) is 0 Å². The average Bonchev–Trinajstić information content (AvgIpc) is 2.65. The van der Waals surface area contributed by atoms with Crippen LogP contribution in [0.25, 0.3) is 0 Å². The number of imide groups is 1. The van der Waals surface area contributed by atoms with Crippen molar-refractivity contribution in [2.75, 3.05) is 0 Å². The molecule has 0 saturated carbocycles. The van der Waals surface area contributed by atoms with Crippen molar-refractivity contribution >= 4 is 11.8 Å². The first-order valence-corrected chi connectivity index (χ1v) is 5.71. The van der Waals surface area contributed by atoms with Crippen LogP contribution in [-0.4, -0.2) is 21.7 Å². The van der Waals surface area contributed by atoms with E-state index in [9.17, 15) is 14.0 Å². The van der Waals surface area contributed by atoms with Gasteiger partial charge in [0.2, 0.25) is 0 Å². The van der Waals surface area contributed by atoms with E-state index in [2.05, 4.69) is 4.98 Å². The van der Waals surface area contributed by atoms with Gasteiger partial charge in [0, 0.05) is 12.4 Å². The Bertz CT molecular complexity index is 670. The summed E-state index contributed by atoms with van der Waals surface area (Å²) in [6, 6.07) is 7.12. The topological polar surface area (TPSA) is 50.3 Å². The molecule has 0 bridgehead atoms. The van der Waals surface area contributed by atoms with E-state index in [0.717, 1.165) is 16.5 Å². The smallest absolute Gasteiger partial charge is 0.261 e. The van der Waals surface area contributed by atoms with E-state index in [-0.39, 0.29) is 17.7 Å². The van der Waals surface area contributed by atoms with Crippen LogP contribution in [0.2, 0.25) is 0 Å². The van der Waals surface area contributed by atoms with E-state index in [4.69, 9.17) is 0 Å². The summed E-state index contributed by atoms with van der Waals surface area (Å²) in [5, 5.41) is 0. The Labute approximate surface area is 108 Å². The minimum Gasteiger partial charge on any atom is -0.270 e. The summed E-state index contributed by atoms with van der Waals surface area (Å²) < 4.78 is 13.1. The molecule has 0 fully saturated rings. The van der Waals surface area contributed by atoms with Crippen molar-refractivity contribution in [1.29, 1.82) is 0 Å². The van der Waals surface area contributed by atoms with Crippen molar-refractivity contribution in [3.05, 3.63) is 65.2 Å². The fraction of sp³-hybridized carbons (Fsp3) is 0.0714. The van der Waals surface area contributed by atoms with Crippen LogP contribution in [0.5, 0.6) is 0 Å². The summed E-state index contributed by atoms with van der Waals surface area (Å²) in [6.07, 6.45) is 3.20. The molecule has 1 aliphatic rings. The molecule has 1 aromatic heterocycles. The number of carbonyl (C=O) groups is 2. The molecule has 94 valence electrons. The standard InChI is InChI=1S/C14H9FN2O2/c15-10-3-4-11-12(6-10)14(19)17(13(11)18)8-9-2-1-5-16-7-9/h1-7H,8H2. The molecule has 1 aliphatic heterocycles. The summed E-state index contributed by atoms with van der Waals surface area (Å²) in [5.74, 6) is -1.39. The number of rotatable bonds is 2. The molecule has 2 aromatic rings. The molecule has 0 saturated heterocycles. The molecule has 1 aromatic carbocycles. The summed E-state index contributed by atoms with van der Waals surface area (Å²) in [5.41, 5.74) is 1.11. The van der Waals surface area contributed by atoms with E-state index in [1.54, 1.807) is 24.5 Å². The Kier molecular flexibility index (Phi) is 2.59. The van der Waals surface area contributed by atoms with Gasteiger partial charge in [0.15, 0.2) is 0 Å². The quantitative estimate of drug-likeness (QED) is 0.772. The maximum absolute atomic E-state index is 13.1. The largest absolute Gasteiger partial charge is 0.270 e. The van der Waals surface area contributed by atoms with Gasteiger partial charge in [-0.1, -0.05) is 6.07 Å². The number of amides is 2. The van der Waals surface area contributed by atoms with Gasteiger partial charge in [-0.25, -0.2) is 4.39 Å². The zero-order valence-electron chi connectivity index (χ0n) is 9.84. The highest BCUT2D eigenvalue weighted by molar-refractivity contribution is 6.21. The van der Waals surface area contributed by atoms with Gasteiger partial charge in [-0.3, -0.25) is 19.5 Å². The molecule has 0 radical (unpaired) electrons. The van der Waals surface area contributed by atoms with Crippen LogP contribution in [0, 0.1) is 5.82 Å². The minimum atomic E-state index is -0.525. The van der Waals surface area contributed by atoms with Gasteiger partial charge in [-0.2, -0.15) is 0 Å². The Hall–Kier alpha value is -2.56. The molecule has 0 atom stereocenters. The fourth-order valence-corrected chi connectivity index (χ4v) is 2.08. The van der Waals surface area contributed by atoms with Gasteiger partial charge in [-0.05, 0) is 29.8 Å². The monoisotopic (exact) mass is 256 g/mol. The van der Waals surface area contributed by atoms with E-state index >= 15 is 0 Å². The summed E-state index contributed by atoms with van der Waals surface area (Å²) >= 11 is 0. The second-order valence-corrected chi connectivity index (χ2v) is 4.25. The summed E-state index contributed by atoms with van der Waals surface area (Å²) in [6.45, 7) is 0.141. The first kappa shape index (κ1) is 11.5. The first-order chi connectivity index (χ1) is 9.16. The number of halogens is 1. The highest BCUT2D eigenvalue weighted by Gasteiger charge is 2.35. The third-order valence-electron chi connectivity index (χ3n) is 3.00. The van der Waals surface area contributed by atoms with Crippen LogP contribution in [0.1, 0.15) is 26.3 Å². The Balaban J connectivity index is 1.95. The van der Waals surface area contributed by atoms with Crippen LogP contribution >= 0.6 is 0 Å². The lowest BCUT2D eigenvalue weighted by Gasteiger charge is -2.13. The molecule has 5 heteroatoms. The fourth-order valence-electron chi connectivity index (χ4n) is 2.08. The Morgan fingerprint density at radius 1 is 1.11 bits per heavy atom.